The van der Waals surface area contributed by atoms with Gasteiger partial charge in [-0.1, -0.05) is 30.1 Å². The van der Waals surface area contributed by atoms with E-state index in [4.69, 9.17) is 23.2 Å². The lowest BCUT2D eigenvalue weighted by Crippen LogP contribution is -2.51. The van der Waals surface area contributed by atoms with Gasteiger partial charge in [0.25, 0.3) is 5.91 Å². The van der Waals surface area contributed by atoms with Crippen LogP contribution in [0.1, 0.15) is 48.2 Å². The van der Waals surface area contributed by atoms with E-state index in [0.29, 0.717) is 60.8 Å². The maximum Gasteiger partial charge on any atom is 0.257 e. The summed E-state index contributed by atoms with van der Waals surface area (Å²) < 4.78 is 1.79. The Morgan fingerprint density at radius 3 is 2.55 bits per heavy atom. The third-order valence-corrected chi connectivity index (χ3v) is 6.28. The van der Waals surface area contributed by atoms with Crippen LogP contribution in [0.25, 0.3) is 5.69 Å². The molecular formula is C22H27Cl2N5O2. The summed E-state index contributed by atoms with van der Waals surface area (Å²) in [5.41, 5.74) is 2.30. The van der Waals surface area contributed by atoms with Gasteiger partial charge < -0.3 is 10.2 Å². The fourth-order valence-corrected chi connectivity index (χ4v) is 4.41. The number of benzene rings is 1. The molecule has 0 radical (unpaired) electrons. The molecular weight excluding hydrogens is 437 g/mol. The van der Waals surface area contributed by atoms with Crippen LogP contribution < -0.4 is 5.32 Å². The molecule has 2 heterocycles. The van der Waals surface area contributed by atoms with Crippen molar-refractivity contribution in [1.82, 2.24) is 24.9 Å². The molecule has 1 saturated heterocycles. The van der Waals surface area contributed by atoms with Crippen molar-refractivity contribution in [3.8, 4) is 5.69 Å². The predicted octanol–water partition coefficient (Wildman–Crippen LogP) is 3.34. The van der Waals surface area contributed by atoms with Crippen molar-refractivity contribution in [2.24, 2.45) is 0 Å². The average Bonchev–Trinajstić information content (AvgIpc) is 3.51. The second kappa shape index (κ2) is 9.59. The highest BCUT2D eigenvalue weighted by atomic mass is 35.5. The molecule has 0 spiro atoms. The molecule has 0 unspecified atom stereocenters. The summed E-state index contributed by atoms with van der Waals surface area (Å²) >= 11 is 12.4. The summed E-state index contributed by atoms with van der Waals surface area (Å²) in [6, 6.07) is 5.30. The van der Waals surface area contributed by atoms with Crippen molar-refractivity contribution in [1.29, 1.82) is 0 Å². The number of hydrogen-bond donors (Lipinski definition) is 1. The van der Waals surface area contributed by atoms with E-state index in [1.54, 1.807) is 23.0 Å². The van der Waals surface area contributed by atoms with Crippen molar-refractivity contribution < 1.29 is 9.59 Å². The Bertz CT molecular complexity index is 965. The van der Waals surface area contributed by atoms with E-state index in [0.717, 1.165) is 30.6 Å². The Morgan fingerprint density at radius 1 is 1.16 bits per heavy atom. The maximum atomic E-state index is 13.3. The van der Waals surface area contributed by atoms with Gasteiger partial charge in [-0.3, -0.25) is 14.5 Å². The topological polar surface area (TPSA) is 70.5 Å². The van der Waals surface area contributed by atoms with E-state index >= 15 is 0 Å². The van der Waals surface area contributed by atoms with Gasteiger partial charge in [-0.15, -0.1) is 0 Å². The molecule has 2 aliphatic rings. The Kier molecular flexibility index (Phi) is 6.84. The first-order valence-electron chi connectivity index (χ1n) is 10.8. The largest absolute Gasteiger partial charge is 0.355 e. The number of nitrogens with one attached hydrogen (secondary N) is 1. The summed E-state index contributed by atoms with van der Waals surface area (Å²) in [6.45, 7) is 5.66. The van der Waals surface area contributed by atoms with Gasteiger partial charge in [0.05, 0.1) is 34.7 Å². The number of piperazine rings is 1. The van der Waals surface area contributed by atoms with Gasteiger partial charge in [0.15, 0.2) is 0 Å². The summed E-state index contributed by atoms with van der Waals surface area (Å²) in [4.78, 5) is 29.2. The monoisotopic (exact) mass is 463 g/mol. The molecule has 2 fully saturated rings. The lowest BCUT2D eigenvalue weighted by atomic mass is 10.1. The van der Waals surface area contributed by atoms with Gasteiger partial charge in [-0.05, 0) is 37.5 Å². The molecule has 1 aliphatic heterocycles. The first-order valence-corrected chi connectivity index (χ1v) is 11.5. The zero-order chi connectivity index (χ0) is 22.0. The molecule has 1 N–H and O–H groups in total. The highest BCUT2D eigenvalue weighted by Gasteiger charge is 2.35. The Labute approximate surface area is 192 Å². The highest BCUT2D eigenvalue weighted by Crippen LogP contribution is 2.43. The molecule has 1 saturated carbocycles. The van der Waals surface area contributed by atoms with Crippen molar-refractivity contribution >= 4 is 35.0 Å². The minimum absolute atomic E-state index is 0.00618. The number of nitrogens with zero attached hydrogens (tertiary/aromatic N) is 4. The lowest BCUT2D eigenvalue weighted by molar-refractivity contribution is -0.122. The van der Waals surface area contributed by atoms with Crippen molar-refractivity contribution in [3.05, 3.63) is 45.7 Å². The van der Waals surface area contributed by atoms with Crippen LogP contribution in [0.2, 0.25) is 10.0 Å². The standard InChI is InChI=1S/C22H27Cl2N5O2/c1-2-7-25-20(30)14-27-8-10-28(11-9-27)22(31)17-13-26-29(21(17)15-3-4-15)19-6-5-16(23)12-18(19)24/h5-6,12-13,15H,2-4,7-11,14H2,1H3,(H,25,30). The summed E-state index contributed by atoms with van der Waals surface area (Å²) in [6.07, 6.45) is 4.66. The van der Waals surface area contributed by atoms with E-state index in [2.05, 4.69) is 15.3 Å². The molecule has 0 atom stereocenters. The van der Waals surface area contributed by atoms with E-state index in [1.165, 1.54) is 0 Å². The third kappa shape index (κ3) is 5.05. The second-order valence-electron chi connectivity index (χ2n) is 8.14. The number of aromatic nitrogens is 2. The van der Waals surface area contributed by atoms with Crippen molar-refractivity contribution in [2.75, 3.05) is 39.3 Å². The van der Waals surface area contributed by atoms with Crippen LogP contribution in [0.15, 0.2) is 24.4 Å². The Morgan fingerprint density at radius 2 is 1.90 bits per heavy atom. The minimum Gasteiger partial charge on any atom is -0.355 e. The van der Waals surface area contributed by atoms with Crippen molar-refractivity contribution in [3.63, 3.8) is 0 Å². The van der Waals surface area contributed by atoms with Gasteiger partial charge in [0, 0.05) is 43.7 Å². The Hall–Kier alpha value is -2.09. The quantitative estimate of drug-likeness (QED) is 0.683. The molecule has 1 aliphatic carbocycles. The fourth-order valence-electron chi connectivity index (χ4n) is 3.92. The molecule has 0 bridgehead atoms. The maximum absolute atomic E-state index is 13.3. The normalized spacial score (nSPS) is 17.1. The molecule has 7 nitrogen and oxygen atoms in total. The molecule has 1 aromatic heterocycles. The van der Waals surface area contributed by atoms with E-state index in [-0.39, 0.29) is 11.8 Å². The average molecular weight is 464 g/mol. The van der Waals surface area contributed by atoms with E-state index in [9.17, 15) is 9.59 Å². The highest BCUT2D eigenvalue weighted by molar-refractivity contribution is 6.35. The summed E-state index contributed by atoms with van der Waals surface area (Å²) in [7, 11) is 0. The van der Waals surface area contributed by atoms with Crippen molar-refractivity contribution in [2.45, 2.75) is 32.1 Å². The number of hydrogen-bond acceptors (Lipinski definition) is 4. The predicted molar refractivity (Wildman–Crippen MR) is 121 cm³/mol. The molecule has 2 aromatic rings. The number of rotatable bonds is 7. The van der Waals surface area contributed by atoms with Gasteiger partial charge in [-0.2, -0.15) is 5.10 Å². The first-order chi connectivity index (χ1) is 15.0. The summed E-state index contributed by atoms with van der Waals surface area (Å²) in [5.74, 6) is 0.351. The van der Waals surface area contributed by atoms with Crippen LogP contribution in [0.3, 0.4) is 0 Å². The molecule has 4 rings (SSSR count). The minimum atomic E-state index is -0.00618. The number of carbonyl (C=O) groups is 2. The second-order valence-corrected chi connectivity index (χ2v) is 8.99. The van der Waals surface area contributed by atoms with Gasteiger partial charge >= 0.3 is 0 Å². The zero-order valence-corrected chi connectivity index (χ0v) is 19.1. The molecule has 2 amide bonds. The van der Waals surface area contributed by atoms with Crippen LogP contribution in [0, 0.1) is 0 Å². The number of carbonyl (C=O) groups excluding carboxylic acids is 2. The third-order valence-electron chi connectivity index (χ3n) is 5.74. The smallest absolute Gasteiger partial charge is 0.257 e. The Balaban J connectivity index is 1.46. The van der Waals surface area contributed by atoms with Gasteiger partial charge in [0.1, 0.15) is 0 Å². The van der Waals surface area contributed by atoms with Crippen LogP contribution in [-0.2, 0) is 4.79 Å². The first kappa shape index (κ1) is 22.1. The fraction of sp³-hybridized carbons (Fsp3) is 0.500. The van der Waals surface area contributed by atoms with Crippen LogP contribution in [0.5, 0.6) is 0 Å². The molecule has 31 heavy (non-hydrogen) atoms. The SMILES string of the molecule is CCCNC(=O)CN1CCN(C(=O)c2cnn(-c3ccc(Cl)cc3Cl)c2C2CC2)CC1. The van der Waals surface area contributed by atoms with Crippen LogP contribution in [-0.4, -0.2) is 70.7 Å². The molecule has 166 valence electrons. The van der Waals surface area contributed by atoms with Crippen LogP contribution in [0.4, 0.5) is 0 Å². The summed E-state index contributed by atoms with van der Waals surface area (Å²) in [5, 5.41) is 8.48. The van der Waals surface area contributed by atoms with Gasteiger partial charge in [0.2, 0.25) is 5.91 Å². The molecule has 9 heteroatoms. The number of halogens is 2. The lowest BCUT2D eigenvalue weighted by Gasteiger charge is -2.34. The van der Waals surface area contributed by atoms with Gasteiger partial charge in [-0.25, -0.2) is 4.68 Å². The van der Waals surface area contributed by atoms with E-state index in [1.807, 2.05) is 17.9 Å². The number of amides is 2. The van der Waals surface area contributed by atoms with Crippen LogP contribution >= 0.6 is 23.2 Å². The van der Waals surface area contributed by atoms with E-state index < -0.39 is 0 Å². The molecule has 1 aromatic carbocycles. The zero-order valence-electron chi connectivity index (χ0n) is 17.6.